The number of carbonyl (C=O) groups excluding carboxylic acids is 3. The Kier molecular flexibility index (Phi) is 10.3. The number of aromatic amines is 1. The van der Waals surface area contributed by atoms with Gasteiger partial charge >= 0.3 is 6.09 Å². The van der Waals surface area contributed by atoms with Crippen LogP contribution in [0.2, 0.25) is 0 Å². The lowest BCUT2D eigenvalue weighted by Crippen LogP contribution is -2.52. The second kappa shape index (κ2) is 14.6. The predicted molar refractivity (Wildman–Crippen MR) is 180 cm³/mol. The van der Waals surface area contributed by atoms with Gasteiger partial charge in [-0.15, -0.1) is 10.2 Å². The summed E-state index contributed by atoms with van der Waals surface area (Å²) in [5, 5.41) is 17.0. The van der Waals surface area contributed by atoms with Crippen molar-refractivity contribution in [2.75, 3.05) is 17.2 Å². The van der Waals surface area contributed by atoms with Gasteiger partial charge in [0.05, 0.1) is 5.69 Å². The van der Waals surface area contributed by atoms with Crippen molar-refractivity contribution in [3.05, 3.63) is 66.0 Å². The number of rotatable bonds is 10. The Morgan fingerprint density at radius 3 is 2.42 bits per heavy atom. The minimum atomic E-state index is -0.973. The molecule has 2 heterocycles. The van der Waals surface area contributed by atoms with Gasteiger partial charge < -0.3 is 21.5 Å². The molecule has 0 radical (unpaired) electrons. The number of aryl methyl sites for hydroxylation is 1. The molecule has 252 valence electrons. The molecular weight excluding hydrogens is 612 g/mol. The smallest absolute Gasteiger partial charge is 0.407 e. The van der Waals surface area contributed by atoms with Gasteiger partial charge in [0.1, 0.15) is 11.6 Å². The van der Waals surface area contributed by atoms with Crippen molar-refractivity contribution in [3.8, 4) is 22.5 Å². The molecule has 5 rings (SSSR count). The number of hydrogen-bond acceptors (Lipinski definition) is 10. The van der Waals surface area contributed by atoms with Gasteiger partial charge in [-0.1, -0.05) is 24.3 Å². The number of alkyl carbamates (subject to hydrolysis) is 1. The van der Waals surface area contributed by atoms with E-state index >= 15 is 0 Å². The molecule has 4 aromatic rings. The van der Waals surface area contributed by atoms with Gasteiger partial charge in [-0.2, -0.15) is 5.21 Å². The summed E-state index contributed by atoms with van der Waals surface area (Å²) in [7, 11) is 0. The van der Waals surface area contributed by atoms with E-state index in [0.29, 0.717) is 36.5 Å². The van der Waals surface area contributed by atoms with Gasteiger partial charge in [-0.05, 0) is 99.9 Å². The zero-order chi connectivity index (χ0) is 34.4. The molecule has 3 amide bonds. The van der Waals surface area contributed by atoms with Crippen molar-refractivity contribution in [1.29, 1.82) is 0 Å². The van der Waals surface area contributed by atoms with Gasteiger partial charge in [-0.3, -0.25) is 14.5 Å². The fourth-order valence-electron chi connectivity index (χ4n) is 6.04. The number of amides is 3. The molecule has 1 aliphatic carbocycles. The number of nitrogens with one attached hydrogen (secondary N) is 2. The van der Waals surface area contributed by atoms with E-state index in [1.54, 1.807) is 30.5 Å². The van der Waals surface area contributed by atoms with Gasteiger partial charge in [0.2, 0.25) is 23.6 Å². The largest absolute Gasteiger partial charge is 0.444 e. The lowest BCUT2D eigenvalue weighted by Gasteiger charge is -2.36. The topological polar surface area (TPSA) is 208 Å². The highest BCUT2D eigenvalue weighted by Crippen LogP contribution is 2.33. The normalized spacial score (nSPS) is 16.9. The molecule has 1 atom stereocenters. The number of hydrogen-bond donors (Lipinski definition) is 4. The second-order valence-electron chi connectivity index (χ2n) is 13.1. The number of primary amides is 1. The maximum atomic E-state index is 14.4. The number of ether oxygens (including phenoxy) is 1. The summed E-state index contributed by atoms with van der Waals surface area (Å²) in [6.45, 7) is 7.78. The molecule has 2 aromatic heterocycles. The third-order valence-corrected chi connectivity index (χ3v) is 8.42. The van der Waals surface area contributed by atoms with Crippen LogP contribution in [0, 0.1) is 18.8 Å². The number of nitrogens with zero attached hydrogens (tertiary/aromatic N) is 6. The fraction of sp³-hybridized carbons (Fsp3) is 0.412. The van der Waals surface area contributed by atoms with Crippen molar-refractivity contribution >= 4 is 29.5 Å². The average Bonchev–Trinajstić information content (AvgIpc) is 3.59. The summed E-state index contributed by atoms with van der Waals surface area (Å²) in [5.41, 5.74) is 15.7. The lowest BCUT2D eigenvalue weighted by molar-refractivity contribution is -0.127. The first-order valence-electron chi connectivity index (χ1n) is 16.0. The van der Waals surface area contributed by atoms with Crippen LogP contribution in [0.3, 0.4) is 0 Å². The molecule has 6 N–H and O–H groups in total. The molecule has 14 heteroatoms. The van der Waals surface area contributed by atoms with Crippen LogP contribution in [0.15, 0.2) is 54.7 Å². The highest BCUT2D eigenvalue weighted by atomic mass is 16.6. The number of benzene rings is 2. The molecule has 0 spiro atoms. The Hall–Kier alpha value is -5.40. The lowest BCUT2D eigenvalue weighted by atomic mass is 9.81. The Morgan fingerprint density at radius 1 is 1.06 bits per heavy atom. The van der Waals surface area contributed by atoms with Crippen molar-refractivity contribution in [3.63, 3.8) is 0 Å². The molecule has 0 aliphatic heterocycles. The van der Waals surface area contributed by atoms with Crippen molar-refractivity contribution in [2.24, 2.45) is 17.6 Å². The minimum absolute atomic E-state index is 0.177. The monoisotopic (exact) mass is 654 g/mol. The van der Waals surface area contributed by atoms with Crippen LogP contribution in [-0.4, -0.2) is 66.7 Å². The van der Waals surface area contributed by atoms with Crippen LogP contribution in [0.1, 0.15) is 57.7 Å². The molecular formula is C34H42N10O4. The number of nitrogens with two attached hydrogens (primary N) is 2. The van der Waals surface area contributed by atoms with Crippen LogP contribution < -0.4 is 21.7 Å². The van der Waals surface area contributed by atoms with E-state index in [0.717, 1.165) is 35.2 Å². The number of nitrogen functional groups attached to an aromatic ring is 1. The molecule has 14 nitrogen and oxygen atoms in total. The second-order valence-corrected chi connectivity index (χ2v) is 13.1. The van der Waals surface area contributed by atoms with E-state index in [2.05, 4.69) is 35.9 Å². The molecule has 1 aliphatic rings. The van der Waals surface area contributed by atoms with Crippen LogP contribution in [0.4, 0.5) is 16.4 Å². The zero-order valence-corrected chi connectivity index (χ0v) is 27.6. The predicted octanol–water partition coefficient (Wildman–Crippen LogP) is 3.98. The van der Waals surface area contributed by atoms with E-state index in [9.17, 15) is 14.4 Å². The summed E-state index contributed by atoms with van der Waals surface area (Å²) in [5.74, 6) is -0.332. The van der Waals surface area contributed by atoms with Crippen LogP contribution in [0.25, 0.3) is 22.5 Å². The van der Waals surface area contributed by atoms with E-state index in [1.165, 1.54) is 4.90 Å². The van der Waals surface area contributed by atoms with Crippen LogP contribution >= 0.6 is 0 Å². The molecule has 48 heavy (non-hydrogen) atoms. The molecule has 1 fully saturated rings. The number of H-pyrrole nitrogens is 1. The highest BCUT2D eigenvalue weighted by Gasteiger charge is 2.36. The van der Waals surface area contributed by atoms with Crippen molar-refractivity contribution in [1.82, 2.24) is 35.9 Å². The first-order valence-corrected chi connectivity index (χ1v) is 16.0. The van der Waals surface area contributed by atoms with Crippen LogP contribution in [0.5, 0.6) is 0 Å². The Labute approximate surface area is 279 Å². The number of anilines is 2. The summed E-state index contributed by atoms with van der Waals surface area (Å²) in [6, 6.07) is 13.8. The Bertz CT molecular complexity index is 1730. The fourth-order valence-corrected chi connectivity index (χ4v) is 6.04. The first kappa shape index (κ1) is 33.9. The third-order valence-electron chi connectivity index (χ3n) is 8.42. The van der Waals surface area contributed by atoms with Gasteiger partial charge in [0, 0.05) is 41.9 Å². The first-order chi connectivity index (χ1) is 22.9. The molecule has 0 unspecified atom stereocenters. The zero-order valence-electron chi connectivity index (χ0n) is 27.6. The number of aromatic nitrogens is 6. The van der Waals surface area contributed by atoms with Crippen molar-refractivity contribution < 1.29 is 19.1 Å². The molecule has 1 saturated carbocycles. The third kappa shape index (κ3) is 8.49. The Balaban J connectivity index is 1.38. The maximum Gasteiger partial charge on any atom is 0.407 e. The average molecular weight is 655 g/mol. The molecule has 2 aromatic carbocycles. The minimum Gasteiger partial charge on any atom is -0.444 e. The van der Waals surface area contributed by atoms with Gasteiger partial charge in [-0.25, -0.2) is 14.8 Å². The SMILES string of the molecule is Cc1nc(N)ncc1-c1cccc(C[C@@H](C(N)=O)N(C(=O)C2CCC(CNC(=O)OC(C)(C)C)CC2)c2ccc(-c3nn[nH]n3)cc2)c1. The van der Waals surface area contributed by atoms with E-state index in [1.807, 2.05) is 52.0 Å². The van der Waals surface area contributed by atoms with Crippen molar-refractivity contribution in [2.45, 2.75) is 71.4 Å². The van der Waals surface area contributed by atoms with E-state index in [-0.39, 0.29) is 30.1 Å². The van der Waals surface area contributed by atoms with Crippen LogP contribution in [-0.2, 0) is 20.7 Å². The standard InChI is InChI=1S/C34H42N10O4/c1-20-27(19-37-32(36)39-20)25-7-5-6-22(16-25)17-28(29(35)45)44(26-14-12-23(13-15-26)30-40-42-43-41-30)31(46)24-10-8-21(9-11-24)18-38-33(47)48-34(2,3)4/h5-7,12-16,19,21,24,28H,8-11,17-18H2,1-4H3,(H2,35,45)(H,38,47)(H2,36,37,39)(H,40,41,42,43)/t21?,24?,28-/m0/s1. The summed E-state index contributed by atoms with van der Waals surface area (Å²) < 4.78 is 5.36. The summed E-state index contributed by atoms with van der Waals surface area (Å²) in [4.78, 5) is 49.8. The highest BCUT2D eigenvalue weighted by molar-refractivity contribution is 6.01. The van der Waals surface area contributed by atoms with Gasteiger partial charge in [0.15, 0.2) is 0 Å². The number of carbonyl (C=O) groups is 3. The maximum absolute atomic E-state index is 14.4. The summed E-state index contributed by atoms with van der Waals surface area (Å²) in [6.07, 6.45) is 4.09. The van der Waals surface area contributed by atoms with Gasteiger partial charge in [0.25, 0.3) is 0 Å². The Morgan fingerprint density at radius 2 is 1.79 bits per heavy atom. The number of tetrazole rings is 1. The summed E-state index contributed by atoms with van der Waals surface area (Å²) >= 11 is 0. The molecule has 0 saturated heterocycles. The van der Waals surface area contributed by atoms with E-state index < -0.39 is 23.6 Å². The molecule has 0 bridgehead atoms. The quantitative estimate of drug-likeness (QED) is 0.193. The van der Waals surface area contributed by atoms with E-state index in [4.69, 9.17) is 16.2 Å².